The Hall–Kier alpha value is -1.38. The van der Waals surface area contributed by atoms with Crippen molar-refractivity contribution in [1.82, 2.24) is 5.32 Å². The summed E-state index contributed by atoms with van der Waals surface area (Å²) in [6, 6.07) is 12.9. The van der Waals surface area contributed by atoms with Crippen LogP contribution in [0.5, 0.6) is 0 Å². The molecule has 100 valence electrons. The minimum atomic E-state index is -0.188. The maximum absolute atomic E-state index is 13.0. The molecule has 2 aromatic rings. The standard InChI is InChI=1S/C16H17ClFN/c1-11-9-16(18)8-5-14(11)10-19-12(2)13-3-6-15(17)7-4-13/h3-9,12,19H,10H2,1-2H3/t12-/m0/s1. The van der Waals surface area contributed by atoms with Gasteiger partial charge in [-0.15, -0.1) is 0 Å². The first-order valence-electron chi connectivity index (χ1n) is 6.30. The van der Waals surface area contributed by atoms with Crippen LogP contribution in [0, 0.1) is 12.7 Å². The van der Waals surface area contributed by atoms with Gasteiger partial charge in [-0.1, -0.05) is 29.8 Å². The van der Waals surface area contributed by atoms with Crippen molar-refractivity contribution < 1.29 is 4.39 Å². The molecule has 0 heterocycles. The summed E-state index contributed by atoms with van der Waals surface area (Å²) in [5, 5.41) is 4.17. The van der Waals surface area contributed by atoms with E-state index >= 15 is 0 Å². The average Bonchev–Trinajstić information content (AvgIpc) is 2.38. The van der Waals surface area contributed by atoms with Gasteiger partial charge in [0.15, 0.2) is 0 Å². The van der Waals surface area contributed by atoms with Crippen molar-refractivity contribution in [2.24, 2.45) is 0 Å². The molecule has 0 saturated carbocycles. The molecule has 0 aliphatic carbocycles. The van der Waals surface area contributed by atoms with Crippen LogP contribution in [0.3, 0.4) is 0 Å². The minimum Gasteiger partial charge on any atom is -0.306 e. The maximum atomic E-state index is 13.0. The number of benzene rings is 2. The zero-order chi connectivity index (χ0) is 13.8. The largest absolute Gasteiger partial charge is 0.306 e. The fourth-order valence-corrected chi connectivity index (χ4v) is 2.12. The molecule has 3 heteroatoms. The molecule has 0 aliphatic rings. The molecule has 2 aromatic carbocycles. The second kappa shape index (κ2) is 6.18. The van der Waals surface area contributed by atoms with Crippen molar-refractivity contribution >= 4 is 11.6 Å². The maximum Gasteiger partial charge on any atom is 0.123 e. The second-order valence-corrected chi connectivity index (χ2v) is 5.16. The molecule has 0 bridgehead atoms. The van der Waals surface area contributed by atoms with Gasteiger partial charge in [-0.05, 0) is 54.8 Å². The third kappa shape index (κ3) is 3.79. The van der Waals surface area contributed by atoms with Gasteiger partial charge in [0, 0.05) is 17.6 Å². The van der Waals surface area contributed by atoms with Crippen LogP contribution in [0.25, 0.3) is 0 Å². The first-order valence-corrected chi connectivity index (χ1v) is 6.68. The summed E-state index contributed by atoms with van der Waals surface area (Å²) in [4.78, 5) is 0. The lowest BCUT2D eigenvalue weighted by Crippen LogP contribution is -2.18. The van der Waals surface area contributed by atoms with E-state index in [2.05, 4.69) is 12.2 Å². The lowest BCUT2D eigenvalue weighted by Gasteiger charge is -2.15. The molecule has 0 aromatic heterocycles. The zero-order valence-corrected chi connectivity index (χ0v) is 11.8. The Morgan fingerprint density at radius 2 is 1.84 bits per heavy atom. The molecular weight excluding hydrogens is 261 g/mol. The van der Waals surface area contributed by atoms with E-state index in [-0.39, 0.29) is 11.9 Å². The number of nitrogens with one attached hydrogen (secondary N) is 1. The minimum absolute atomic E-state index is 0.188. The van der Waals surface area contributed by atoms with Crippen LogP contribution in [0.1, 0.15) is 29.7 Å². The van der Waals surface area contributed by atoms with Gasteiger partial charge in [0.25, 0.3) is 0 Å². The van der Waals surface area contributed by atoms with Gasteiger partial charge in [0.1, 0.15) is 5.82 Å². The molecular formula is C16H17ClFN. The number of hydrogen-bond donors (Lipinski definition) is 1. The van der Waals surface area contributed by atoms with Crippen LogP contribution in [0.2, 0.25) is 5.02 Å². The third-order valence-electron chi connectivity index (χ3n) is 3.27. The Labute approximate surface area is 118 Å². The Balaban J connectivity index is 2.00. The number of hydrogen-bond acceptors (Lipinski definition) is 1. The van der Waals surface area contributed by atoms with Crippen molar-refractivity contribution in [3.63, 3.8) is 0 Å². The van der Waals surface area contributed by atoms with Crippen LogP contribution in [0.4, 0.5) is 4.39 Å². The summed E-state index contributed by atoms with van der Waals surface area (Å²) < 4.78 is 13.0. The molecule has 0 unspecified atom stereocenters. The molecule has 0 radical (unpaired) electrons. The van der Waals surface area contributed by atoms with E-state index in [0.717, 1.165) is 22.7 Å². The van der Waals surface area contributed by atoms with Gasteiger partial charge in [-0.25, -0.2) is 4.39 Å². The van der Waals surface area contributed by atoms with Crippen LogP contribution >= 0.6 is 11.6 Å². The lowest BCUT2D eigenvalue weighted by atomic mass is 10.1. The highest BCUT2D eigenvalue weighted by Gasteiger charge is 2.06. The first-order chi connectivity index (χ1) is 9.06. The van der Waals surface area contributed by atoms with Crippen LogP contribution in [0.15, 0.2) is 42.5 Å². The topological polar surface area (TPSA) is 12.0 Å². The van der Waals surface area contributed by atoms with E-state index in [9.17, 15) is 4.39 Å². The number of rotatable bonds is 4. The van der Waals surface area contributed by atoms with E-state index in [1.54, 1.807) is 6.07 Å². The van der Waals surface area contributed by atoms with E-state index in [4.69, 9.17) is 11.6 Å². The zero-order valence-electron chi connectivity index (χ0n) is 11.1. The van der Waals surface area contributed by atoms with Gasteiger partial charge >= 0.3 is 0 Å². The normalized spacial score (nSPS) is 12.4. The lowest BCUT2D eigenvalue weighted by molar-refractivity contribution is 0.571. The first kappa shape index (κ1) is 14.0. The molecule has 0 spiro atoms. The van der Waals surface area contributed by atoms with Gasteiger partial charge in [-0.2, -0.15) is 0 Å². The summed E-state index contributed by atoms with van der Waals surface area (Å²) in [6.45, 7) is 4.74. The fraction of sp³-hybridized carbons (Fsp3) is 0.250. The summed E-state index contributed by atoms with van der Waals surface area (Å²) in [6.07, 6.45) is 0. The Bertz CT molecular complexity index is 551. The van der Waals surface area contributed by atoms with Gasteiger partial charge < -0.3 is 5.32 Å². The average molecular weight is 278 g/mol. The Morgan fingerprint density at radius 3 is 2.47 bits per heavy atom. The van der Waals surface area contributed by atoms with E-state index in [1.165, 1.54) is 11.6 Å². The highest BCUT2D eigenvalue weighted by Crippen LogP contribution is 2.17. The van der Waals surface area contributed by atoms with Gasteiger partial charge in [0.2, 0.25) is 0 Å². The van der Waals surface area contributed by atoms with E-state index < -0.39 is 0 Å². The quantitative estimate of drug-likeness (QED) is 0.858. The summed E-state index contributed by atoms with van der Waals surface area (Å²) >= 11 is 5.87. The molecule has 0 saturated heterocycles. The number of aryl methyl sites for hydroxylation is 1. The molecule has 19 heavy (non-hydrogen) atoms. The predicted octanol–water partition coefficient (Wildman–Crippen LogP) is 4.64. The molecule has 1 atom stereocenters. The molecule has 2 rings (SSSR count). The highest BCUT2D eigenvalue weighted by molar-refractivity contribution is 6.30. The van der Waals surface area contributed by atoms with Crippen molar-refractivity contribution in [3.05, 3.63) is 70.0 Å². The van der Waals surface area contributed by atoms with Crippen LogP contribution in [-0.4, -0.2) is 0 Å². The van der Waals surface area contributed by atoms with Crippen LogP contribution < -0.4 is 5.32 Å². The molecule has 1 N–H and O–H groups in total. The van der Waals surface area contributed by atoms with Gasteiger partial charge in [-0.3, -0.25) is 0 Å². The van der Waals surface area contributed by atoms with Gasteiger partial charge in [0.05, 0.1) is 0 Å². The van der Waals surface area contributed by atoms with E-state index in [1.807, 2.05) is 37.3 Å². The molecule has 1 nitrogen and oxygen atoms in total. The van der Waals surface area contributed by atoms with Crippen molar-refractivity contribution in [2.75, 3.05) is 0 Å². The smallest absolute Gasteiger partial charge is 0.123 e. The summed E-state index contributed by atoms with van der Waals surface area (Å²) in [5.41, 5.74) is 3.27. The summed E-state index contributed by atoms with van der Waals surface area (Å²) in [5.74, 6) is -0.188. The Kier molecular flexibility index (Phi) is 4.56. The van der Waals surface area contributed by atoms with Crippen molar-refractivity contribution in [2.45, 2.75) is 26.4 Å². The SMILES string of the molecule is Cc1cc(F)ccc1CN[C@@H](C)c1ccc(Cl)cc1. The molecule has 0 aliphatic heterocycles. The second-order valence-electron chi connectivity index (χ2n) is 4.72. The fourth-order valence-electron chi connectivity index (χ4n) is 1.99. The molecule has 0 fully saturated rings. The van der Waals surface area contributed by atoms with Crippen molar-refractivity contribution in [1.29, 1.82) is 0 Å². The van der Waals surface area contributed by atoms with E-state index in [0.29, 0.717) is 0 Å². The monoisotopic (exact) mass is 277 g/mol. The Morgan fingerprint density at radius 1 is 1.16 bits per heavy atom. The third-order valence-corrected chi connectivity index (χ3v) is 3.53. The molecule has 0 amide bonds. The number of halogens is 2. The highest BCUT2D eigenvalue weighted by atomic mass is 35.5. The predicted molar refractivity (Wildman–Crippen MR) is 77.8 cm³/mol. The van der Waals surface area contributed by atoms with Crippen molar-refractivity contribution in [3.8, 4) is 0 Å². The van der Waals surface area contributed by atoms with Crippen LogP contribution in [-0.2, 0) is 6.54 Å². The summed E-state index contributed by atoms with van der Waals surface area (Å²) in [7, 11) is 0.